The summed E-state index contributed by atoms with van der Waals surface area (Å²) in [4.78, 5) is 32.1. The Balaban J connectivity index is 1.95. The van der Waals surface area contributed by atoms with Gasteiger partial charge in [0.05, 0.1) is 12.2 Å². The fourth-order valence-electron chi connectivity index (χ4n) is 3.62. The second-order valence-corrected chi connectivity index (χ2v) is 8.00. The van der Waals surface area contributed by atoms with E-state index in [2.05, 4.69) is 23.8 Å². The monoisotopic (exact) mass is 385 g/mol. The van der Waals surface area contributed by atoms with Crippen LogP contribution in [0.3, 0.4) is 0 Å². The Labute approximate surface area is 167 Å². The number of rotatable bonds is 7. The highest BCUT2D eigenvalue weighted by molar-refractivity contribution is 6.35. The summed E-state index contributed by atoms with van der Waals surface area (Å²) in [7, 11) is 2.08. The number of nitrogens with zero attached hydrogens (tertiary/aromatic N) is 3. The third-order valence-corrected chi connectivity index (χ3v) is 5.13. The quantitative estimate of drug-likeness (QED) is 0.675. The minimum absolute atomic E-state index is 0.162. The summed E-state index contributed by atoms with van der Waals surface area (Å²) in [5.41, 5.74) is 1.86. The Morgan fingerprint density at radius 3 is 2.21 bits per heavy atom. The molecule has 1 aromatic carbocycles. The molecule has 2 aliphatic heterocycles. The van der Waals surface area contributed by atoms with Crippen LogP contribution in [0.1, 0.15) is 32.8 Å². The Morgan fingerprint density at radius 1 is 1.00 bits per heavy atom. The van der Waals surface area contributed by atoms with Crippen molar-refractivity contribution in [2.75, 3.05) is 46.4 Å². The second kappa shape index (κ2) is 8.78. The molecule has 6 heteroatoms. The van der Waals surface area contributed by atoms with Gasteiger partial charge < -0.3 is 14.5 Å². The van der Waals surface area contributed by atoms with E-state index in [-0.39, 0.29) is 17.7 Å². The Kier molecular flexibility index (Phi) is 6.39. The van der Waals surface area contributed by atoms with Crippen molar-refractivity contribution < 1.29 is 14.3 Å². The van der Waals surface area contributed by atoms with E-state index in [0.29, 0.717) is 24.4 Å². The van der Waals surface area contributed by atoms with Crippen LogP contribution in [0.25, 0.3) is 5.57 Å². The highest BCUT2D eigenvalue weighted by atomic mass is 16.5. The first-order valence-electron chi connectivity index (χ1n) is 10.2. The molecule has 6 nitrogen and oxygen atoms in total. The molecule has 2 amide bonds. The number of carbonyl (C=O) groups is 2. The summed E-state index contributed by atoms with van der Waals surface area (Å²) in [5.74, 6) is 0.661. The molecule has 1 saturated heterocycles. The average Bonchev–Trinajstić information content (AvgIpc) is 2.92. The van der Waals surface area contributed by atoms with Crippen LogP contribution >= 0.6 is 0 Å². The van der Waals surface area contributed by atoms with Gasteiger partial charge in [-0.2, -0.15) is 0 Å². The summed E-state index contributed by atoms with van der Waals surface area (Å²) in [6.45, 7) is 10.5. The van der Waals surface area contributed by atoms with Crippen molar-refractivity contribution in [2.24, 2.45) is 5.92 Å². The van der Waals surface area contributed by atoms with Gasteiger partial charge in [-0.25, -0.2) is 0 Å². The molecule has 3 rings (SSSR count). The predicted molar refractivity (Wildman–Crippen MR) is 110 cm³/mol. The van der Waals surface area contributed by atoms with Crippen LogP contribution in [-0.4, -0.2) is 72.9 Å². The largest absolute Gasteiger partial charge is 0.494 e. The number of hydrogen-bond donors (Lipinski definition) is 0. The predicted octanol–water partition coefficient (Wildman–Crippen LogP) is 2.46. The number of ether oxygens (including phenoxy) is 1. The van der Waals surface area contributed by atoms with E-state index in [9.17, 15) is 9.59 Å². The normalized spacial score (nSPS) is 18.6. The average molecular weight is 386 g/mol. The molecule has 1 fully saturated rings. The number of carbonyl (C=O) groups excluding carboxylic acids is 2. The molecule has 0 N–H and O–H groups in total. The standard InChI is InChI=1S/C22H31N3O3/c1-5-14-28-18-8-6-17(7-9-18)19-20(24-12-10-23(4)11-13-24)22(27)25(21(19)26)15-16(2)3/h6-9,16H,5,10-15H2,1-4H3. The molecule has 0 aromatic heterocycles. The summed E-state index contributed by atoms with van der Waals surface area (Å²) in [5, 5.41) is 0. The molecule has 0 saturated carbocycles. The molecule has 0 bridgehead atoms. The lowest BCUT2D eigenvalue weighted by atomic mass is 10.0. The molecular formula is C22H31N3O3. The molecular weight excluding hydrogens is 354 g/mol. The summed E-state index contributed by atoms with van der Waals surface area (Å²) >= 11 is 0. The van der Waals surface area contributed by atoms with Gasteiger partial charge in [-0.3, -0.25) is 14.5 Å². The maximum Gasteiger partial charge on any atom is 0.277 e. The SMILES string of the molecule is CCCOc1ccc(C2=C(N3CCN(C)CC3)C(=O)N(CC(C)C)C2=O)cc1. The van der Waals surface area contributed by atoms with E-state index in [4.69, 9.17) is 4.74 Å². The third-order valence-electron chi connectivity index (χ3n) is 5.13. The first-order chi connectivity index (χ1) is 13.4. The number of likely N-dealkylation sites (N-methyl/N-ethyl adjacent to an activating group) is 1. The molecule has 0 radical (unpaired) electrons. The maximum absolute atomic E-state index is 13.2. The van der Waals surface area contributed by atoms with Gasteiger partial charge >= 0.3 is 0 Å². The van der Waals surface area contributed by atoms with E-state index in [1.54, 1.807) is 0 Å². The summed E-state index contributed by atoms with van der Waals surface area (Å²) < 4.78 is 5.66. The topological polar surface area (TPSA) is 53.1 Å². The summed E-state index contributed by atoms with van der Waals surface area (Å²) in [6.07, 6.45) is 0.942. The molecule has 0 unspecified atom stereocenters. The van der Waals surface area contributed by atoms with Gasteiger partial charge in [-0.1, -0.05) is 32.9 Å². The van der Waals surface area contributed by atoms with Crippen molar-refractivity contribution in [1.82, 2.24) is 14.7 Å². The van der Waals surface area contributed by atoms with E-state index in [1.807, 2.05) is 38.1 Å². The zero-order chi connectivity index (χ0) is 20.3. The first kappa shape index (κ1) is 20.4. The van der Waals surface area contributed by atoms with E-state index in [1.165, 1.54) is 4.90 Å². The van der Waals surface area contributed by atoms with Crippen LogP contribution in [0.5, 0.6) is 5.75 Å². The van der Waals surface area contributed by atoms with Crippen molar-refractivity contribution in [2.45, 2.75) is 27.2 Å². The van der Waals surface area contributed by atoms with E-state index in [0.717, 1.165) is 43.9 Å². The smallest absolute Gasteiger partial charge is 0.277 e. The molecule has 152 valence electrons. The Bertz CT molecular complexity index is 747. The molecule has 2 heterocycles. The van der Waals surface area contributed by atoms with Gasteiger partial charge in [0.1, 0.15) is 11.4 Å². The maximum atomic E-state index is 13.2. The molecule has 28 heavy (non-hydrogen) atoms. The zero-order valence-corrected chi connectivity index (χ0v) is 17.4. The van der Waals surface area contributed by atoms with Gasteiger partial charge in [0.25, 0.3) is 11.8 Å². The van der Waals surface area contributed by atoms with Crippen LogP contribution in [0.2, 0.25) is 0 Å². The fourth-order valence-corrected chi connectivity index (χ4v) is 3.62. The van der Waals surface area contributed by atoms with E-state index < -0.39 is 0 Å². The minimum atomic E-state index is -0.185. The number of piperazine rings is 1. The van der Waals surface area contributed by atoms with Crippen LogP contribution in [0.15, 0.2) is 30.0 Å². The van der Waals surface area contributed by atoms with Crippen molar-refractivity contribution in [3.8, 4) is 5.75 Å². The van der Waals surface area contributed by atoms with Gasteiger partial charge in [0, 0.05) is 32.7 Å². The van der Waals surface area contributed by atoms with Crippen LogP contribution in [-0.2, 0) is 9.59 Å². The zero-order valence-electron chi connectivity index (χ0n) is 17.4. The van der Waals surface area contributed by atoms with Gasteiger partial charge in [0.15, 0.2) is 0 Å². The number of imide groups is 1. The van der Waals surface area contributed by atoms with E-state index >= 15 is 0 Å². The first-order valence-corrected chi connectivity index (χ1v) is 10.2. The van der Waals surface area contributed by atoms with Crippen molar-refractivity contribution in [1.29, 1.82) is 0 Å². The lowest BCUT2D eigenvalue weighted by molar-refractivity contribution is -0.138. The van der Waals surface area contributed by atoms with Crippen LogP contribution in [0, 0.1) is 5.92 Å². The van der Waals surface area contributed by atoms with Crippen molar-refractivity contribution in [3.05, 3.63) is 35.5 Å². The highest BCUT2D eigenvalue weighted by Crippen LogP contribution is 2.33. The van der Waals surface area contributed by atoms with Crippen molar-refractivity contribution >= 4 is 17.4 Å². The van der Waals surface area contributed by atoms with Crippen LogP contribution in [0.4, 0.5) is 0 Å². The van der Waals surface area contributed by atoms with Gasteiger partial charge in [-0.15, -0.1) is 0 Å². The minimum Gasteiger partial charge on any atom is -0.494 e. The molecule has 0 spiro atoms. The van der Waals surface area contributed by atoms with Crippen molar-refractivity contribution in [3.63, 3.8) is 0 Å². The van der Waals surface area contributed by atoms with Gasteiger partial charge in [-0.05, 0) is 37.1 Å². The molecule has 2 aliphatic rings. The highest BCUT2D eigenvalue weighted by Gasteiger charge is 2.42. The number of amides is 2. The third kappa shape index (κ3) is 4.22. The lowest BCUT2D eigenvalue weighted by Crippen LogP contribution is -2.46. The van der Waals surface area contributed by atoms with Gasteiger partial charge in [0.2, 0.25) is 0 Å². The molecule has 0 atom stereocenters. The second-order valence-electron chi connectivity index (χ2n) is 8.00. The van der Waals surface area contributed by atoms with Crippen LogP contribution < -0.4 is 4.74 Å². The Hall–Kier alpha value is -2.34. The molecule has 0 aliphatic carbocycles. The summed E-state index contributed by atoms with van der Waals surface area (Å²) in [6, 6.07) is 7.53. The number of benzene rings is 1. The molecule has 1 aromatic rings. The lowest BCUT2D eigenvalue weighted by Gasteiger charge is -2.34. The fraction of sp³-hybridized carbons (Fsp3) is 0.545. The Morgan fingerprint density at radius 2 is 1.64 bits per heavy atom. The number of hydrogen-bond acceptors (Lipinski definition) is 5.